The average molecular weight is 400 g/mol. The normalized spacial score (nSPS) is 10.6. The second-order valence-corrected chi connectivity index (χ2v) is 6.77. The highest BCUT2D eigenvalue weighted by Crippen LogP contribution is 2.23. The summed E-state index contributed by atoms with van der Waals surface area (Å²) in [6.07, 6.45) is 3.69. The Balaban J connectivity index is 1.68. The zero-order chi connectivity index (χ0) is 17.8. The summed E-state index contributed by atoms with van der Waals surface area (Å²) in [6.45, 7) is 1.10. The van der Waals surface area contributed by atoms with E-state index < -0.39 is 0 Å². The number of carbonyl (C=O) groups excluding carboxylic acids is 1. The van der Waals surface area contributed by atoms with Crippen molar-refractivity contribution in [3.63, 3.8) is 0 Å². The van der Waals surface area contributed by atoms with Crippen LogP contribution >= 0.6 is 15.9 Å². The number of benzene rings is 2. The summed E-state index contributed by atoms with van der Waals surface area (Å²) in [5.41, 5.74) is 2.37. The summed E-state index contributed by atoms with van der Waals surface area (Å²) < 4.78 is 2.59. The van der Waals surface area contributed by atoms with Crippen molar-refractivity contribution in [2.24, 2.45) is 0 Å². The van der Waals surface area contributed by atoms with E-state index in [-0.39, 0.29) is 17.2 Å². The van der Waals surface area contributed by atoms with Crippen LogP contribution in [0, 0.1) is 0 Å². The molecule has 5 nitrogen and oxygen atoms in total. The summed E-state index contributed by atoms with van der Waals surface area (Å²) in [6, 6.07) is 14.9. The minimum atomic E-state index is -0.241. The molecule has 128 valence electrons. The number of rotatable bonds is 5. The third kappa shape index (κ3) is 4.28. The molecule has 0 radical (unpaired) electrons. The van der Waals surface area contributed by atoms with Crippen LogP contribution in [0.4, 0.5) is 0 Å². The van der Waals surface area contributed by atoms with E-state index in [9.17, 15) is 9.90 Å². The lowest BCUT2D eigenvalue weighted by Crippen LogP contribution is -2.26. The van der Waals surface area contributed by atoms with Gasteiger partial charge < -0.3 is 10.0 Å². The second-order valence-electron chi connectivity index (χ2n) is 5.85. The van der Waals surface area contributed by atoms with E-state index in [0.29, 0.717) is 13.1 Å². The highest BCUT2D eigenvalue weighted by molar-refractivity contribution is 9.10. The number of hydrogen-bond donors (Lipinski definition) is 1. The van der Waals surface area contributed by atoms with Crippen molar-refractivity contribution in [1.82, 2.24) is 14.7 Å². The maximum absolute atomic E-state index is 12.5. The molecule has 25 heavy (non-hydrogen) atoms. The number of phenolic OH excluding ortho intramolecular Hbond substituents is 1. The Bertz CT molecular complexity index is 877. The fraction of sp³-hybridized carbons (Fsp3) is 0.158. The number of halogens is 1. The first-order chi connectivity index (χ1) is 12.0. The maximum atomic E-state index is 12.5. The Morgan fingerprint density at radius 1 is 1.20 bits per heavy atom. The van der Waals surface area contributed by atoms with E-state index >= 15 is 0 Å². The Morgan fingerprint density at radius 2 is 1.96 bits per heavy atom. The first-order valence-electron chi connectivity index (χ1n) is 7.82. The van der Waals surface area contributed by atoms with Crippen molar-refractivity contribution in [2.45, 2.75) is 13.1 Å². The van der Waals surface area contributed by atoms with Gasteiger partial charge >= 0.3 is 0 Å². The fourth-order valence-corrected chi connectivity index (χ4v) is 2.94. The molecule has 3 rings (SSSR count). The molecule has 0 spiro atoms. The van der Waals surface area contributed by atoms with E-state index in [0.717, 1.165) is 10.0 Å². The Kier molecular flexibility index (Phi) is 5.19. The molecule has 3 aromatic rings. The van der Waals surface area contributed by atoms with Gasteiger partial charge in [0.2, 0.25) is 0 Å². The van der Waals surface area contributed by atoms with Crippen molar-refractivity contribution in [1.29, 1.82) is 0 Å². The Morgan fingerprint density at radius 3 is 2.72 bits per heavy atom. The predicted octanol–water partition coefficient (Wildman–Crippen LogP) is 3.67. The van der Waals surface area contributed by atoms with E-state index in [2.05, 4.69) is 21.0 Å². The molecule has 2 aromatic carbocycles. The zero-order valence-electron chi connectivity index (χ0n) is 13.8. The summed E-state index contributed by atoms with van der Waals surface area (Å²) in [7, 11) is 1.71. The van der Waals surface area contributed by atoms with Gasteiger partial charge in [-0.25, -0.2) is 0 Å². The van der Waals surface area contributed by atoms with Gasteiger partial charge in [0.05, 0.1) is 18.3 Å². The maximum Gasteiger partial charge on any atom is 0.257 e. The lowest BCUT2D eigenvalue weighted by atomic mass is 10.1. The van der Waals surface area contributed by atoms with Crippen molar-refractivity contribution in [2.75, 3.05) is 7.05 Å². The third-order valence-electron chi connectivity index (χ3n) is 3.83. The number of amides is 1. The highest BCUT2D eigenvalue weighted by atomic mass is 79.9. The van der Waals surface area contributed by atoms with Crippen LogP contribution in [0.1, 0.15) is 21.5 Å². The van der Waals surface area contributed by atoms with Crippen LogP contribution in [-0.2, 0) is 13.1 Å². The van der Waals surface area contributed by atoms with Crippen molar-refractivity contribution in [3.05, 3.63) is 82.1 Å². The molecule has 0 bridgehead atoms. The Labute approximate surface area is 154 Å². The first kappa shape index (κ1) is 17.2. The number of nitrogens with zero attached hydrogens (tertiary/aromatic N) is 3. The molecule has 1 amide bonds. The first-order valence-corrected chi connectivity index (χ1v) is 8.61. The number of carbonyl (C=O) groups is 1. The smallest absolute Gasteiger partial charge is 0.257 e. The van der Waals surface area contributed by atoms with Crippen LogP contribution in [0.5, 0.6) is 5.75 Å². The molecule has 0 atom stereocenters. The van der Waals surface area contributed by atoms with Crippen LogP contribution < -0.4 is 0 Å². The Hall–Kier alpha value is -2.60. The van der Waals surface area contributed by atoms with Gasteiger partial charge in [-0.1, -0.05) is 46.3 Å². The molecule has 0 aliphatic rings. The standard InChI is InChI=1S/C19H18BrN3O2/c1-22(19(25)17-9-16(20)7-8-18(17)24)11-15-10-21-23(13-15)12-14-5-3-2-4-6-14/h2-10,13,24H,11-12H2,1H3. The summed E-state index contributed by atoms with van der Waals surface area (Å²) in [5.74, 6) is -0.269. The molecule has 6 heteroatoms. The molecule has 1 aromatic heterocycles. The van der Waals surface area contributed by atoms with E-state index in [1.807, 2.05) is 41.2 Å². The molecular weight excluding hydrogens is 382 g/mol. The monoisotopic (exact) mass is 399 g/mol. The van der Waals surface area contributed by atoms with Gasteiger partial charge in [-0.15, -0.1) is 0 Å². The lowest BCUT2D eigenvalue weighted by Gasteiger charge is -2.17. The largest absolute Gasteiger partial charge is 0.507 e. The van der Waals surface area contributed by atoms with E-state index in [4.69, 9.17) is 0 Å². The predicted molar refractivity (Wildman–Crippen MR) is 99.4 cm³/mol. The van der Waals surface area contributed by atoms with E-state index in [1.54, 1.807) is 30.3 Å². The minimum Gasteiger partial charge on any atom is -0.507 e. The van der Waals surface area contributed by atoms with Crippen LogP contribution in [0.3, 0.4) is 0 Å². The molecule has 0 aliphatic carbocycles. The molecule has 0 saturated carbocycles. The number of phenols is 1. The summed E-state index contributed by atoms with van der Waals surface area (Å²) in [5, 5.41) is 14.3. The molecule has 1 heterocycles. The van der Waals surface area contributed by atoms with Gasteiger partial charge in [0.1, 0.15) is 5.75 Å². The van der Waals surface area contributed by atoms with Gasteiger partial charge in [-0.3, -0.25) is 9.48 Å². The van der Waals surface area contributed by atoms with Crippen LogP contribution in [-0.4, -0.2) is 32.7 Å². The third-order valence-corrected chi connectivity index (χ3v) is 4.32. The summed E-state index contributed by atoms with van der Waals surface area (Å²) >= 11 is 3.32. The van der Waals surface area contributed by atoms with Crippen LogP contribution in [0.25, 0.3) is 0 Å². The van der Waals surface area contributed by atoms with Crippen LogP contribution in [0.2, 0.25) is 0 Å². The molecule has 0 aliphatic heterocycles. The van der Waals surface area contributed by atoms with Gasteiger partial charge in [0.25, 0.3) is 5.91 Å². The number of aromatic nitrogens is 2. The van der Waals surface area contributed by atoms with Gasteiger partial charge in [0, 0.05) is 29.8 Å². The highest BCUT2D eigenvalue weighted by Gasteiger charge is 2.17. The van der Waals surface area contributed by atoms with E-state index in [1.165, 1.54) is 11.6 Å². The number of hydrogen-bond acceptors (Lipinski definition) is 3. The second kappa shape index (κ2) is 7.53. The molecule has 0 saturated heterocycles. The minimum absolute atomic E-state index is 0.0279. The molecule has 0 fully saturated rings. The number of aromatic hydroxyl groups is 1. The van der Waals surface area contributed by atoms with Crippen molar-refractivity contribution >= 4 is 21.8 Å². The lowest BCUT2D eigenvalue weighted by molar-refractivity contribution is 0.0782. The van der Waals surface area contributed by atoms with Gasteiger partial charge in [-0.05, 0) is 23.8 Å². The topological polar surface area (TPSA) is 58.4 Å². The molecule has 1 N–H and O–H groups in total. The average Bonchev–Trinajstić information content (AvgIpc) is 3.04. The zero-order valence-corrected chi connectivity index (χ0v) is 15.3. The summed E-state index contributed by atoms with van der Waals surface area (Å²) in [4.78, 5) is 14.1. The van der Waals surface area contributed by atoms with Gasteiger partial charge in [-0.2, -0.15) is 5.10 Å². The quantitative estimate of drug-likeness (QED) is 0.711. The van der Waals surface area contributed by atoms with Gasteiger partial charge in [0.15, 0.2) is 0 Å². The molecule has 0 unspecified atom stereocenters. The SMILES string of the molecule is CN(Cc1cnn(Cc2ccccc2)c1)C(=O)c1cc(Br)ccc1O. The van der Waals surface area contributed by atoms with Crippen molar-refractivity contribution in [3.8, 4) is 5.75 Å². The fourth-order valence-electron chi connectivity index (χ4n) is 2.58. The molecular formula is C19H18BrN3O2. The van der Waals surface area contributed by atoms with Crippen LogP contribution in [0.15, 0.2) is 65.4 Å². The van der Waals surface area contributed by atoms with Crippen molar-refractivity contribution < 1.29 is 9.90 Å².